The minimum Gasteiger partial charge on any atom is -0.437 e. The minimum atomic E-state index is -4.54. The van der Waals surface area contributed by atoms with E-state index in [0.29, 0.717) is 13.1 Å². The smallest absolute Gasteiger partial charge is 0.425 e. The summed E-state index contributed by atoms with van der Waals surface area (Å²) in [6, 6.07) is 6.75. The van der Waals surface area contributed by atoms with Gasteiger partial charge >= 0.3 is 12.3 Å². The molecule has 1 aromatic carbocycles. The predicted molar refractivity (Wildman–Crippen MR) is 131 cm³/mol. The number of benzene rings is 1. The molecule has 35 heavy (non-hydrogen) atoms. The Hall–Kier alpha value is -2.00. The average molecular weight is 497 g/mol. The molecule has 9 heteroatoms. The first-order valence-corrected chi connectivity index (χ1v) is 13.0. The van der Waals surface area contributed by atoms with Crippen LogP contribution in [-0.4, -0.2) is 91.0 Å². The van der Waals surface area contributed by atoms with Crippen LogP contribution in [-0.2, 0) is 11.3 Å². The molecule has 0 aromatic heterocycles. The highest BCUT2D eigenvalue weighted by Gasteiger charge is 2.45. The average Bonchev–Trinajstić information content (AvgIpc) is 3.21. The highest BCUT2D eigenvalue weighted by Crippen LogP contribution is 2.40. The van der Waals surface area contributed by atoms with Gasteiger partial charge in [0.1, 0.15) is 0 Å². The lowest BCUT2D eigenvalue weighted by molar-refractivity contribution is -0.200. The normalized spacial score (nSPS) is 22.6. The van der Waals surface area contributed by atoms with Crippen molar-refractivity contribution < 1.29 is 22.7 Å². The third-order valence-corrected chi connectivity index (χ3v) is 8.19. The van der Waals surface area contributed by atoms with Gasteiger partial charge in [0.25, 0.3) is 0 Å². The van der Waals surface area contributed by atoms with E-state index in [1.807, 2.05) is 0 Å². The molecule has 3 fully saturated rings. The summed E-state index contributed by atoms with van der Waals surface area (Å²) in [5.41, 5.74) is 3.92. The molecule has 0 N–H and O–H groups in total. The number of piperazine rings is 1. The first kappa shape index (κ1) is 26.1. The quantitative estimate of drug-likeness (QED) is 0.593. The molecule has 0 aliphatic carbocycles. The number of hydrogen-bond donors (Lipinski definition) is 0. The zero-order chi connectivity index (χ0) is 25.2. The molecule has 1 amide bonds. The van der Waals surface area contributed by atoms with Gasteiger partial charge in [-0.25, -0.2) is 4.79 Å². The van der Waals surface area contributed by atoms with Crippen molar-refractivity contribution in [2.24, 2.45) is 0 Å². The van der Waals surface area contributed by atoms with E-state index in [0.717, 1.165) is 78.4 Å². The fourth-order valence-corrected chi connectivity index (χ4v) is 5.82. The molecule has 6 nitrogen and oxygen atoms in total. The SMILES string of the molecule is CCN1CCN(c2cc(C)ccc2CN2CCCC23CCN(C(=O)OC(C)C(F)(F)F)CC3)CC1. The minimum absolute atomic E-state index is 0.00448. The molecular weight excluding hydrogens is 457 g/mol. The lowest BCUT2D eigenvalue weighted by Gasteiger charge is -2.45. The van der Waals surface area contributed by atoms with Crippen molar-refractivity contribution in [3.63, 3.8) is 0 Å². The first-order valence-electron chi connectivity index (χ1n) is 13.0. The molecule has 196 valence electrons. The number of anilines is 1. The lowest BCUT2D eigenvalue weighted by atomic mass is 9.84. The Morgan fingerprint density at radius 2 is 1.74 bits per heavy atom. The van der Waals surface area contributed by atoms with Gasteiger partial charge in [0.2, 0.25) is 0 Å². The maximum Gasteiger partial charge on any atom is 0.425 e. The maximum atomic E-state index is 12.8. The Balaban J connectivity index is 1.41. The zero-order valence-electron chi connectivity index (χ0n) is 21.2. The number of carbonyl (C=O) groups is 1. The summed E-state index contributed by atoms with van der Waals surface area (Å²) in [5.74, 6) is 0. The molecule has 0 radical (unpaired) electrons. The van der Waals surface area contributed by atoms with Crippen LogP contribution in [0.1, 0.15) is 50.7 Å². The summed E-state index contributed by atoms with van der Waals surface area (Å²) >= 11 is 0. The number of carbonyl (C=O) groups excluding carboxylic acids is 1. The van der Waals surface area contributed by atoms with Crippen molar-refractivity contribution in [1.82, 2.24) is 14.7 Å². The first-order chi connectivity index (χ1) is 16.6. The fourth-order valence-electron chi connectivity index (χ4n) is 5.82. The van der Waals surface area contributed by atoms with E-state index in [1.165, 1.54) is 21.7 Å². The van der Waals surface area contributed by atoms with Crippen LogP contribution in [0.4, 0.5) is 23.7 Å². The second-order valence-corrected chi connectivity index (χ2v) is 10.4. The van der Waals surface area contributed by atoms with Crippen LogP contribution in [0.3, 0.4) is 0 Å². The number of aryl methyl sites for hydroxylation is 1. The topological polar surface area (TPSA) is 39.3 Å². The number of hydrogen-bond acceptors (Lipinski definition) is 5. The molecule has 3 heterocycles. The number of amides is 1. The largest absolute Gasteiger partial charge is 0.437 e. The molecule has 1 aromatic rings. The molecule has 3 aliphatic heterocycles. The van der Waals surface area contributed by atoms with E-state index in [-0.39, 0.29) is 5.54 Å². The van der Waals surface area contributed by atoms with Crippen LogP contribution in [0.5, 0.6) is 0 Å². The predicted octanol–water partition coefficient (Wildman–Crippen LogP) is 4.65. The van der Waals surface area contributed by atoms with Crippen molar-refractivity contribution in [2.75, 3.05) is 57.3 Å². The molecule has 4 rings (SSSR count). The second-order valence-electron chi connectivity index (χ2n) is 10.4. The highest BCUT2D eigenvalue weighted by molar-refractivity contribution is 5.68. The number of ether oxygens (including phenoxy) is 1. The van der Waals surface area contributed by atoms with E-state index >= 15 is 0 Å². The van der Waals surface area contributed by atoms with Crippen LogP contribution in [0.15, 0.2) is 18.2 Å². The second kappa shape index (κ2) is 10.5. The van der Waals surface area contributed by atoms with E-state index in [2.05, 4.69) is 51.5 Å². The van der Waals surface area contributed by atoms with E-state index in [9.17, 15) is 18.0 Å². The molecular formula is C26H39F3N4O2. The van der Waals surface area contributed by atoms with E-state index in [1.54, 1.807) is 0 Å². The summed E-state index contributed by atoms with van der Waals surface area (Å²) in [5, 5.41) is 0. The van der Waals surface area contributed by atoms with Crippen molar-refractivity contribution >= 4 is 11.8 Å². The summed E-state index contributed by atoms with van der Waals surface area (Å²) in [6.45, 7) is 13.3. The number of rotatable bonds is 5. The fraction of sp³-hybridized carbons (Fsp3) is 0.731. The van der Waals surface area contributed by atoms with E-state index < -0.39 is 18.4 Å². The summed E-state index contributed by atoms with van der Waals surface area (Å²) in [7, 11) is 0. The number of likely N-dealkylation sites (N-methyl/N-ethyl adjacent to an activating group) is 1. The van der Waals surface area contributed by atoms with Crippen molar-refractivity contribution in [3.05, 3.63) is 29.3 Å². The molecule has 3 saturated heterocycles. The van der Waals surface area contributed by atoms with Crippen LogP contribution in [0.2, 0.25) is 0 Å². The number of likely N-dealkylation sites (tertiary alicyclic amines) is 2. The van der Waals surface area contributed by atoms with Gasteiger partial charge in [0, 0.05) is 57.0 Å². The summed E-state index contributed by atoms with van der Waals surface area (Å²) in [6.07, 6.45) is -3.80. The molecule has 3 aliphatic rings. The van der Waals surface area contributed by atoms with Gasteiger partial charge in [-0.2, -0.15) is 13.2 Å². The Bertz CT molecular complexity index is 878. The van der Waals surface area contributed by atoms with E-state index in [4.69, 9.17) is 0 Å². The van der Waals surface area contributed by atoms with Crippen molar-refractivity contribution in [3.8, 4) is 0 Å². The number of nitrogens with zero attached hydrogens (tertiary/aromatic N) is 4. The van der Waals surface area contributed by atoms with Gasteiger partial charge in [0.05, 0.1) is 0 Å². The van der Waals surface area contributed by atoms with Gasteiger partial charge in [-0.1, -0.05) is 19.1 Å². The Kier molecular flexibility index (Phi) is 7.86. The van der Waals surface area contributed by atoms with Crippen molar-refractivity contribution in [1.29, 1.82) is 0 Å². The monoisotopic (exact) mass is 496 g/mol. The van der Waals surface area contributed by atoms with Crippen LogP contribution < -0.4 is 4.90 Å². The van der Waals surface area contributed by atoms with Gasteiger partial charge in [0.15, 0.2) is 6.10 Å². The number of piperidine rings is 1. The summed E-state index contributed by atoms with van der Waals surface area (Å²) < 4.78 is 43.1. The summed E-state index contributed by atoms with van der Waals surface area (Å²) in [4.78, 5) is 21.3. The molecule has 1 spiro atoms. The third-order valence-electron chi connectivity index (χ3n) is 8.19. The Morgan fingerprint density at radius 1 is 1.06 bits per heavy atom. The maximum absolute atomic E-state index is 12.8. The lowest BCUT2D eigenvalue weighted by Crippen LogP contribution is -2.53. The number of halogens is 3. The zero-order valence-corrected chi connectivity index (χ0v) is 21.2. The van der Waals surface area contributed by atoms with Crippen LogP contribution in [0, 0.1) is 6.92 Å². The standard InChI is InChI=1S/C26H39F3N4O2/c1-4-30-14-16-31(17-15-30)23-18-20(2)6-7-22(23)19-33-11-5-8-25(33)9-12-32(13-10-25)24(34)35-21(3)26(27,28)29/h6-7,18,21H,4-5,8-17,19H2,1-3H3. The van der Waals surface area contributed by atoms with Gasteiger partial charge in [-0.3, -0.25) is 4.90 Å². The number of alkyl halides is 3. The molecule has 0 saturated carbocycles. The van der Waals surface area contributed by atoms with Gasteiger partial charge in [-0.05, 0) is 69.8 Å². The van der Waals surface area contributed by atoms with Crippen LogP contribution >= 0.6 is 0 Å². The molecule has 1 atom stereocenters. The van der Waals surface area contributed by atoms with Gasteiger partial charge < -0.3 is 19.4 Å². The molecule has 1 unspecified atom stereocenters. The third kappa shape index (κ3) is 5.88. The highest BCUT2D eigenvalue weighted by atomic mass is 19.4. The van der Waals surface area contributed by atoms with Crippen LogP contribution in [0.25, 0.3) is 0 Å². The Morgan fingerprint density at radius 3 is 2.37 bits per heavy atom. The Labute approximate surface area is 207 Å². The van der Waals surface area contributed by atoms with Crippen molar-refractivity contribution in [2.45, 2.75) is 70.8 Å². The molecule has 0 bridgehead atoms. The van der Waals surface area contributed by atoms with Gasteiger partial charge in [-0.15, -0.1) is 0 Å².